The first-order valence-electron chi connectivity index (χ1n) is 16.3. The first-order chi connectivity index (χ1) is 24.1. The minimum atomic E-state index is -1.88. The maximum atomic E-state index is 13.1. The topological polar surface area (TPSA) is 284 Å². The Morgan fingerprint density at radius 2 is 1.31 bits per heavy atom. The molecule has 0 amide bonds. The average molecular weight is 727 g/mol. The molecule has 4 aliphatic rings. The van der Waals surface area contributed by atoms with Crippen molar-refractivity contribution in [3.8, 4) is 23.0 Å². The highest BCUT2D eigenvalue weighted by Gasteiger charge is 2.52. The number of phenolic OH excluding ortho intramolecular Hbond substituents is 2. The lowest BCUT2D eigenvalue weighted by Gasteiger charge is -2.46. The van der Waals surface area contributed by atoms with Crippen molar-refractivity contribution in [1.29, 1.82) is 0 Å². The fourth-order valence-electron chi connectivity index (χ4n) is 6.40. The molecule has 0 radical (unpaired) electrons. The van der Waals surface area contributed by atoms with Gasteiger partial charge in [-0.3, -0.25) is 4.79 Å². The van der Waals surface area contributed by atoms with Crippen LogP contribution in [-0.4, -0.2) is 156 Å². The number of carbonyl (C=O) groups is 1. The van der Waals surface area contributed by atoms with Crippen LogP contribution in [0.5, 0.6) is 23.0 Å². The van der Waals surface area contributed by atoms with Crippen LogP contribution in [0.4, 0.5) is 0 Å². The smallest absolute Gasteiger partial charge is 0.229 e. The van der Waals surface area contributed by atoms with Gasteiger partial charge in [0.15, 0.2) is 24.5 Å². The molecule has 0 bridgehead atoms. The molecule has 3 fully saturated rings. The van der Waals surface area contributed by atoms with Gasteiger partial charge in [0.25, 0.3) is 0 Å². The Morgan fingerprint density at radius 1 is 0.706 bits per heavy atom. The van der Waals surface area contributed by atoms with E-state index in [0.717, 1.165) is 6.07 Å². The van der Waals surface area contributed by atoms with Crippen molar-refractivity contribution in [2.45, 2.75) is 118 Å². The lowest BCUT2D eigenvalue weighted by atomic mass is 9.95. The van der Waals surface area contributed by atoms with Gasteiger partial charge < -0.3 is 84.2 Å². The van der Waals surface area contributed by atoms with E-state index in [-0.39, 0.29) is 29.2 Å². The maximum absolute atomic E-state index is 13.1. The van der Waals surface area contributed by atoms with Gasteiger partial charge in [0.1, 0.15) is 89.6 Å². The lowest BCUT2D eigenvalue weighted by molar-refractivity contribution is -0.360. The number of phenols is 2. The summed E-state index contributed by atoms with van der Waals surface area (Å²) in [5, 5.41) is 104. The van der Waals surface area contributed by atoms with Crippen LogP contribution in [0.1, 0.15) is 42.3 Å². The van der Waals surface area contributed by atoms with Gasteiger partial charge in [-0.25, -0.2) is 0 Å². The van der Waals surface area contributed by atoms with Crippen LogP contribution in [-0.2, 0) is 23.7 Å². The van der Waals surface area contributed by atoms with Crippen LogP contribution in [0.15, 0.2) is 36.4 Å². The van der Waals surface area contributed by atoms with Crippen LogP contribution < -0.4 is 9.47 Å². The molecule has 0 spiro atoms. The number of aromatic hydroxyl groups is 2. The second-order valence-corrected chi connectivity index (χ2v) is 13.1. The molecule has 18 nitrogen and oxygen atoms in total. The summed E-state index contributed by atoms with van der Waals surface area (Å²) in [4.78, 5) is 13.1. The molecule has 4 heterocycles. The zero-order valence-corrected chi connectivity index (χ0v) is 27.4. The average Bonchev–Trinajstić information content (AvgIpc) is 3.09. The molecule has 16 atom stereocenters. The minimum absolute atomic E-state index is 0.00886. The molecular weight excluding hydrogens is 684 g/mol. The van der Waals surface area contributed by atoms with Crippen LogP contribution in [0, 0.1) is 0 Å². The van der Waals surface area contributed by atoms with Gasteiger partial charge in [0.2, 0.25) is 6.29 Å². The summed E-state index contributed by atoms with van der Waals surface area (Å²) < 4.78 is 40.3. The van der Waals surface area contributed by atoms with E-state index < -0.39 is 116 Å². The van der Waals surface area contributed by atoms with E-state index in [9.17, 15) is 55.9 Å². The predicted octanol–water partition coefficient (Wildman–Crippen LogP) is -2.31. The third-order valence-corrected chi connectivity index (χ3v) is 9.47. The highest BCUT2D eigenvalue weighted by atomic mass is 16.8. The van der Waals surface area contributed by atoms with Crippen molar-refractivity contribution in [2.75, 3.05) is 6.61 Å². The van der Waals surface area contributed by atoms with Gasteiger partial charge in [-0.1, -0.05) is 12.1 Å². The van der Waals surface area contributed by atoms with Gasteiger partial charge in [0.05, 0.1) is 25.2 Å². The molecule has 3 saturated heterocycles. The van der Waals surface area contributed by atoms with E-state index in [1.807, 2.05) is 0 Å². The van der Waals surface area contributed by atoms with Crippen molar-refractivity contribution < 1.29 is 89.0 Å². The van der Waals surface area contributed by atoms with Crippen molar-refractivity contribution in [3.63, 3.8) is 0 Å². The number of benzene rings is 2. The molecule has 51 heavy (non-hydrogen) atoms. The molecule has 282 valence electrons. The SMILES string of the molecule is C[C@@H]1O[C@@H](O[C@H]2[C@H](Oc3cc(O)c4c(c3)O[C@@H](c3ccc(O)cc3)CC4=O)O[C@H](CO[C@@H]3O[C@H](C)[C@H](O)[C@@H](O)[C@@H]3O)[C@@H](O)[C@@H]2O)[C@@H](O)[C@H](O)[C@H]1O. The summed E-state index contributed by atoms with van der Waals surface area (Å²) >= 11 is 0. The predicted molar refractivity (Wildman–Crippen MR) is 165 cm³/mol. The molecule has 0 aliphatic carbocycles. The Kier molecular flexibility index (Phi) is 11.1. The minimum Gasteiger partial charge on any atom is -0.508 e. The van der Waals surface area contributed by atoms with E-state index in [0.29, 0.717) is 5.56 Å². The Hall–Kier alpha value is -3.21. The quantitative estimate of drug-likeness (QED) is 0.137. The first kappa shape index (κ1) is 37.5. The molecule has 18 heteroatoms. The molecule has 2 aromatic rings. The van der Waals surface area contributed by atoms with Crippen LogP contribution in [0.3, 0.4) is 0 Å². The molecule has 0 aromatic heterocycles. The van der Waals surface area contributed by atoms with Crippen molar-refractivity contribution >= 4 is 5.78 Å². The number of hydrogen-bond acceptors (Lipinski definition) is 18. The van der Waals surface area contributed by atoms with Gasteiger partial charge in [0, 0.05) is 12.1 Å². The standard InChI is InChI=1S/C33H42O18/c1-11-22(37)25(40)28(43)31(46-11)45-10-20-24(39)27(42)30(51-32-29(44)26(41)23(38)12(2)47-32)33(50-20)48-15-7-16(35)21-17(36)9-18(49-19(21)8-15)13-3-5-14(34)6-4-13/h3-8,11-12,18,20,22-35,37-44H,9-10H2,1-2H3/t11-,12+,18-,20-,22+,23+,24-,25-,26-,27+,28+,29+,30-,31-,32+,33-/m1/s1. The van der Waals surface area contributed by atoms with E-state index >= 15 is 0 Å². The van der Waals surface area contributed by atoms with Gasteiger partial charge in [-0.2, -0.15) is 0 Å². The van der Waals surface area contributed by atoms with Crippen molar-refractivity contribution in [2.24, 2.45) is 0 Å². The van der Waals surface area contributed by atoms with Crippen LogP contribution in [0.2, 0.25) is 0 Å². The fraction of sp³-hybridized carbons (Fsp3) is 0.606. The molecular formula is C33H42O18. The van der Waals surface area contributed by atoms with Gasteiger partial charge in [-0.15, -0.1) is 0 Å². The van der Waals surface area contributed by atoms with E-state index in [4.69, 9.17) is 33.2 Å². The molecule has 6 rings (SSSR count). The Bertz CT molecular complexity index is 1520. The molecule has 10 N–H and O–H groups in total. The summed E-state index contributed by atoms with van der Waals surface area (Å²) in [5.74, 6) is -1.18. The highest BCUT2D eigenvalue weighted by molar-refractivity contribution is 6.02. The number of fused-ring (bicyclic) bond motifs is 1. The number of carbonyl (C=O) groups excluding carboxylic acids is 1. The van der Waals surface area contributed by atoms with E-state index in [1.165, 1.54) is 32.0 Å². The first-order valence-corrected chi connectivity index (χ1v) is 16.3. The second kappa shape index (κ2) is 15.0. The highest BCUT2D eigenvalue weighted by Crippen LogP contribution is 2.43. The normalized spacial score (nSPS) is 41.4. The maximum Gasteiger partial charge on any atom is 0.229 e. The third-order valence-electron chi connectivity index (χ3n) is 9.47. The summed E-state index contributed by atoms with van der Waals surface area (Å²) in [5.41, 5.74) is 0.446. The molecule has 0 unspecified atom stereocenters. The summed E-state index contributed by atoms with van der Waals surface area (Å²) in [7, 11) is 0. The van der Waals surface area contributed by atoms with Gasteiger partial charge >= 0.3 is 0 Å². The summed E-state index contributed by atoms with van der Waals surface area (Å²) in [6.45, 7) is 2.27. The molecule has 2 aromatic carbocycles. The molecule has 0 saturated carbocycles. The molecule has 4 aliphatic heterocycles. The number of aliphatic hydroxyl groups excluding tert-OH is 8. The van der Waals surface area contributed by atoms with Crippen molar-refractivity contribution in [1.82, 2.24) is 0 Å². The number of Topliss-reactive ketones (excluding diaryl/α,β-unsaturated/α-hetero) is 1. The van der Waals surface area contributed by atoms with E-state index in [2.05, 4.69) is 0 Å². The van der Waals surface area contributed by atoms with Crippen LogP contribution >= 0.6 is 0 Å². The number of ether oxygens (including phenoxy) is 7. The van der Waals surface area contributed by atoms with Crippen LogP contribution in [0.25, 0.3) is 0 Å². The number of aliphatic hydroxyl groups is 8. The Labute approximate surface area is 290 Å². The second-order valence-electron chi connectivity index (χ2n) is 13.1. The number of hydrogen-bond donors (Lipinski definition) is 10. The zero-order chi connectivity index (χ0) is 36.9. The summed E-state index contributed by atoms with van der Waals surface area (Å²) in [6, 6.07) is 8.36. The number of ketones is 1. The number of rotatable bonds is 8. The fourth-order valence-corrected chi connectivity index (χ4v) is 6.40. The van der Waals surface area contributed by atoms with E-state index in [1.54, 1.807) is 12.1 Å². The Morgan fingerprint density at radius 3 is 1.96 bits per heavy atom. The lowest BCUT2D eigenvalue weighted by Crippen LogP contribution is -2.65. The Balaban J connectivity index is 1.26. The zero-order valence-electron chi connectivity index (χ0n) is 27.4. The third kappa shape index (κ3) is 7.51. The largest absolute Gasteiger partial charge is 0.508 e. The van der Waals surface area contributed by atoms with Gasteiger partial charge in [-0.05, 0) is 31.5 Å². The summed E-state index contributed by atoms with van der Waals surface area (Å²) in [6.07, 6.45) is -24.2. The van der Waals surface area contributed by atoms with Crippen molar-refractivity contribution in [3.05, 3.63) is 47.5 Å². The monoisotopic (exact) mass is 726 g/mol.